The van der Waals surface area contributed by atoms with Crippen molar-refractivity contribution in [2.24, 2.45) is 0 Å². The Morgan fingerprint density at radius 1 is 1.50 bits per heavy atom. The highest BCUT2D eigenvalue weighted by Gasteiger charge is 2.14. The fourth-order valence-electron chi connectivity index (χ4n) is 1.58. The molecule has 1 amide bonds. The first-order valence-corrected chi connectivity index (χ1v) is 6.86. The van der Waals surface area contributed by atoms with Gasteiger partial charge in [-0.15, -0.1) is 0 Å². The Bertz CT molecular complexity index is 614. The highest BCUT2D eigenvalue weighted by molar-refractivity contribution is 9.10. The fourth-order valence-corrected chi connectivity index (χ4v) is 1.91. The molecule has 2 aromatic rings. The van der Waals surface area contributed by atoms with Crippen LogP contribution >= 0.6 is 15.9 Å². The lowest BCUT2D eigenvalue weighted by Gasteiger charge is -2.09. The van der Waals surface area contributed by atoms with Gasteiger partial charge in [0.15, 0.2) is 5.82 Å². The van der Waals surface area contributed by atoms with Crippen LogP contribution in [-0.4, -0.2) is 27.6 Å². The van der Waals surface area contributed by atoms with Crippen LogP contribution in [0.4, 0.5) is 5.82 Å². The summed E-state index contributed by atoms with van der Waals surface area (Å²) in [6.07, 6.45) is 1.64. The number of anilines is 1. The molecule has 106 valence electrons. The SMILES string of the molecule is CCNc1ncc(Br)cc1C(=O)NCc1nc(C)no1. The second-order valence-electron chi connectivity index (χ2n) is 4.00. The normalized spacial score (nSPS) is 10.3. The van der Waals surface area contributed by atoms with Crippen LogP contribution in [0.2, 0.25) is 0 Å². The third-order valence-electron chi connectivity index (χ3n) is 2.41. The number of aryl methyl sites for hydroxylation is 1. The zero-order chi connectivity index (χ0) is 14.5. The van der Waals surface area contributed by atoms with Crippen molar-refractivity contribution in [3.8, 4) is 0 Å². The maximum absolute atomic E-state index is 12.2. The van der Waals surface area contributed by atoms with Gasteiger partial charge in [-0.2, -0.15) is 4.98 Å². The van der Waals surface area contributed by atoms with Crippen LogP contribution in [0.3, 0.4) is 0 Å². The van der Waals surface area contributed by atoms with E-state index >= 15 is 0 Å². The van der Waals surface area contributed by atoms with Crippen molar-refractivity contribution in [1.29, 1.82) is 0 Å². The minimum absolute atomic E-state index is 0.178. The number of carbonyl (C=O) groups is 1. The smallest absolute Gasteiger partial charge is 0.255 e. The predicted octanol–water partition coefficient (Wildman–Crippen LogP) is 1.90. The summed E-state index contributed by atoms with van der Waals surface area (Å²) in [5.41, 5.74) is 0.456. The first kappa shape index (κ1) is 14.4. The first-order valence-electron chi connectivity index (χ1n) is 6.07. The van der Waals surface area contributed by atoms with Gasteiger partial charge in [-0.25, -0.2) is 4.98 Å². The third-order valence-corrected chi connectivity index (χ3v) is 2.85. The number of aromatic nitrogens is 3. The molecule has 0 fully saturated rings. The van der Waals surface area contributed by atoms with Crippen molar-refractivity contribution in [2.75, 3.05) is 11.9 Å². The van der Waals surface area contributed by atoms with E-state index in [1.54, 1.807) is 19.2 Å². The molecule has 2 rings (SSSR count). The molecule has 0 aliphatic rings. The lowest BCUT2D eigenvalue weighted by atomic mass is 10.2. The molecule has 0 saturated heterocycles. The molecule has 2 heterocycles. The molecule has 2 aromatic heterocycles. The van der Waals surface area contributed by atoms with E-state index in [0.717, 1.165) is 4.47 Å². The Labute approximate surface area is 124 Å². The standard InChI is InChI=1S/C12H14BrN5O2/c1-3-14-11-9(4-8(13)5-15-11)12(19)16-6-10-17-7(2)18-20-10/h4-5H,3,6H2,1-2H3,(H,14,15)(H,16,19). The summed E-state index contributed by atoms with van der Waals surface area (Å²) in [6.45, 7) is 4.51. The number of carbonyl (C=O) groups excluding carboxylic acids is 1. The van der Waals surface area contributed by atoms with Gasteiger partial charge in [0, 0.05) is 17.2 Å². The number of nitrogens with one attached hydrogen (secondary N) is 2. The molecule has 0 aliphatic heterocycles. The maximum atomic E-state index is 12.2. The lowest BCUT2D eigenvalue weighted by Crippen LogP contribution is -2.24. The van der Waals surface area contributed by atoms with Crippen molar-refractivity contribution in [1.82, 2.24) is 20.4 Å². The van der Waals surface area contributed by atoms with Crippen molar-refractivity contribution >= 4 is 27.7 Å². The molecule has 8 heteroatoms. The quantitative estimate of drug-likeness (QED) is 0.864. The van der Waals surface area contributed by atoms with E-state index in [4.69, 9.17) is 4.52 Å². The number of amides is 1. The lowest BCUT2D eigenvalue weighted by molar-refractivity contribution is 0.0946. The molecule has 0 bridgehead atoms. The Morgan fingerprint density at radius 3 is 2.95 bits per heavy atom. The van der Waals surface area contributed by atoms with Crippen LogP contribution in [0.5, 0.6) is 0 Å². The molecule has 0 radical (unpaired) electrons. The van der Waals surface area contributed by atoms with E-state index in [9.17, 15) is 4.79 Å². The van der Waals surface area contributed by atoms with Crippen molar-refractivity contribution in [3.63, 3.8) is 0 Å². The third kappa shape index (κ3) is 3.53. The Balaban J connectivity index is 2.09. The van der Waals surface area contributed by atoms with Gasteiger partial charge in [0.2, 0.25) is 5.89 Å². The monoisotopic (exact) mass is 339 g/mol. The summed E-state index contributed by atoms with van der Waals surface area (Å²) in [6, 6.07) is 1.71. The van der Waals surface area contributed by atoms with Crippen molar-refractivity contribution in [2.45, 2.75) is 20.4 Å². The van der Waals surface area contributed by atoms with Gasteiger partial charge in [-0.3, -0.25) is 4.79 Å². The summed E-state index contributed by atoms with van der Waals surface area (Å²) >= 11 is 3.30. The molecule has 2 N–H and O–H groups in total. The number of rotatable bonds is 5. The van der Waals surface area contributed by atoms with Gasteiger partial charge < -0.3 is 15.2 Å². The van der Waals surface area contributed by atoms with Crippen molar-refractivity contribution < 1.29 is 9.32 Å². The largest absolute Gasteiger partial charge is 0.370 e. The Kier molecular flexibility index (Phi) is 4.67. The summed E-state index contributed by atoms with van der Waals surface area (Å²) < 4.78 is 5.67. The van der Waals surface area contributed by atoms with Gasteiger partial charge in [-0.1, -0.05) is 5.16 Å². The summed E-state index contributed by atoms with van der Waals surface area (Å²) in [5, 5.41) is 9.42. The molecule has 0 spiro atoms. The van der Waals surface area contributed by atoms with Crippen LogP contribution in [0.15, 0.2) is 21.3 Å². The van der Waals surface area contributed by atoms with E-state index in [2.05, 4.69) is 41.7 Å². The topological polar surface area (TPSA) is 92.9 Å². The van der Waals surface area contributed by atoms with E-state index in [0.29, 0.717) is 29.6 Å². The van der Waals surface area contributed by atoms with Gasteiger partial charge in [-0.05, 0) is 35.8 Å². The summed E-state index contributed by atoms with van der Waals surface area (Å²) in [7, 11) is 0. The summed E-state index contributed by atoms with van der Waals surface area (Å²) in [4.78, 5) is 20.4. The van der Waals surface area contributed by atoms with E-state index in [1.165, 1.54) is 0 Å². The predicted molar refractivity (Wildman–Crippen MR) is 76.3 cm³/mol. The highest BCUT2D eigenvalue weighted by Crippen LogP contribution is 2.18. The second kappa shape index (κ2) is 6.47. The van der Waals surface area contributed by atoms with Crippen molar-refractivity contribution in [3.05, 3.63) is 34.0 Å². The number of hydrogen-bond donors (Lipinski definition) is 2. The van der Waals surface area contributed by atoms with Crippen LogP contribution in [-0.2, 0) is 6.54 Å². The van der Waals surface area contributed by atoms with Gasteiger partial charge in [0.25, 0.3) is 5.91 Å². The average molecular weight is 340 g/mol. The van der Waals surface area contributed by atoms with E-state index < -0.39 is 0 Å². The number of nitrogens with zero attached hydrogens (tertiary/aromatic N) is 3. The molecule has 0 atom stereocenters. The highest BCUT2D eigenvalue weighted by atomic mass is 79.9. The Morgan fingerprint density at radius 2 is 2.30 bits per heavy atom. The van der Waals surface area contributed by atoms with Gasteiger partial charge in [0.05, 0.1) is 12.1 Å². The van der Waals surface area contributed by atoms with Gasteiger partial charge in [0.1, 0.15) is 5.82 Å². The summed E-state index contributed by atoms with van der Waals surface area (Å²) in [5.74, 6) is 1.18. The van der Waals surface area contributed by atoms with E-state index in [1.807, 2.05) is 6.92 Å². The molecule has 0 unspecified atom stereocenters. The molecule has 0 aliphatic carbocycles. The molecule has 20 heavy (non-hydrogen) atoms. The molecular weight excluding hydrogens is 326 g/mol. The number of pyridine rings is 1. The minimum atomic E-state index is -0.259. The number of halogens is 1. The average Bonchev–Trinajstić information content (AvgIpc) is 2.84. The van der Waals surface area contributed by atoms with Crippen LogP contribution in [0, 0.1) is 6.92 Å². The molecular formula is C12H14BrN5O2. The minimum Gasteiger partial charge on any atom is -0.370 e. The Hall–Kier alpha value is -1.96. The molecule has 7 nitrogen and oxygen atoms in total. The first-order chi connectivity index (χ1) is 9.60. The zero-order valence-corrected chi connectivity index (χ0v) is 12.7. The molecule has 0 aromatic carbocycles. The van der Waals surface area contributed by atoms with Crippen LogP contribution < -0.4 is 10.6 Å². The maximum Gasteiger partial charge on any atom is 0.255 e. The molecule has 0 saturated carbocycles. The van der Waals surface area contributed by atoms with Gasteiger partial charge >= 0.3 is 0 Å². The zero-order valence-electron chi connectivity index (χ0n) is 11.1. The van der Waals surface area contributed by atoms with Crippen LogP contribution in [0.1, 0.15) is 29.0 Å². The van der Waals surface area contributed by atoms with E-state index in [-0.39, 0.29) is 12.5 Å². The van der Waals surface area contributed by atoms with Crippen LogP contribution in [0.25, 0.3) is 0 Å². The number of hydrogen-bond acceptors (Lipinski definition) is 6. The second-order valence-corrected chi connectivity index (χ2v) is 4.91. The fraction of sp³-hybridized carbons (Fsp3) is 0.333.